The highest BCUT2D eigenvalue weighted by Crippen LogP contribution is 2.35. The van der Waals surface area contributed by atoms with Gasteiger partial charge in [0, 0.05) is 13.2 Å². The predicted molar refractivity (Wildman–Crippen MR) is 113 cm³/mol. The molecule has 0 aliphatic heterocycles. The highest BCUT2D eigenvalue weighted by molar-refractivity contribution is 7.92. The number of aromatic nitrogens is 2. The molecule has 2 aromatic heterocycles. The Labute approximate surface area is 180 Å². The number of pyridine rings is 1. The molecule has 0 amide bonds. The van der Waals surface area contributed by atoms with Gasteiger partial charge in [0.1, 0.15) is 17.9 Å². The van der Waals surface area contributed by atoms with Crippen LogP contribution in [0.5, 0.6) is 5.75 Å². The van der Waals surface area contributed by atoms with Gasteiger partial charge in [0.2, 0.25) is 0 Å². The molecular formula is C21H21N3O6S. The summed E-state index contributed by atoms with van der Waals surface area (Å²) in [6, 6.07) is 5.92. The molecule has 0 radical (unpaired) electrons. The maximum Gasteiger partial charge on any atom is 0.341 e. The van der Waals surface area contributed by atoms with Crippen LogP contribution in [0.2, 0.25) is 0 Å². The van der Waals surface area contributed by atoms with Crippen LogP contribution < -0.4 is 9.04 Å². The van der Waals surface area contributed by atoms with E-state index < -0.39 is 16.0 Å². The van der Waals surface area contributed by atoms with Gasteiger partial charge in [-0.05, 0) is 45.0 Å². The van der Waals surface area contributed by atoms with Gasteiger partial charge >= 0.3 is 5.97 Å². The second-order valence-electron chi connectivity index (χ2n) is 6.35. The average Bonchev–Trinajstić information content (AvgIpc) is 3.14. The number of nitrogens with zero attached hydrogens (tertiary/aromatic N) is 3. The van der Waals surface area contributed by atoms with E-state index in [1.54, 1.807) is 20.8 Å². The highest BCUT2D eigenvalue weighted by atomic mass is 32.2. The van der Waals surface area contributed by atoms with Crippen LogP contribution in [0.25, 0.3) is 11.1 Å². The summed E-state index contributed by atoms with van der Waals surface area (Å²) in [7, 11) is -2.70. The van der Waals surface area contributed by atoms with Crippen molar-refractivity contribution in [2.24, 2.45) is 0 Å². The fourth-order valence-electron chi connectivity index (χ4n) is 2.90. The van der Waals surface area contributed by atoms with Crippen LogP contribution in [0.4, 0.5) is 5.69 Å². The van der Waals surface area contributed by atoms with E-state index in [1.165, 1.54) is 37.5 Å². The van der Waals surface area contributed by atoms with Crippen LogP contribution in [0.3, 0.4) is 0 Å². The van der Waals surface area contributed by atoms with Crippen molar-refractivity contribution in [3.05, 3.63) is 41.7 Å². The van der Waals surface area contributed by atoms with E-state index in [0.717, 1.165) is 4.31 Å². The molecule has 2 heterocycles. The zero-order valence-electron chi connectivity index (χ0n) is 17.5. The lowest BCUT2D eigenvalue weighted by atomic mass is 10.1. The third-order valence-electron chi connectivity index (χ3n) is 4.43. The first kappa shape index (κ1) is 22.1. The molecule has 3 rings (SSSR count). The fraction of sp³-hybridized carbons (Fsp3) is 0.286. The zero-order chi connectivity index (χ0) is 22.6. The number of rotatable bonds is 7. The maximum absolute atomic E-state index is 13.4. The average molecular weight is 443 g/mol. The van der Waals surface area contributed by atoms with Gasteiger partial charge in [-0.25, -0.2) is 18.2 Å². The van der Waals surface area contributed by atoms with Gasteiger partial charge in [-0.3, -0.25) is 4.31 Å². The Kier molecular flexibility index (Phi) is 6.46. The van der Waals surface area contributed by atoms with Gasteiger partial charge in [0.25, 0.3) is 15.7 Å². The number of fused-ring (bicyclic) bond motifs is 1. The molecule has 31 heavy (non-hydrogen) atoms. The van der Waals surface area contributed by atoms with Gasteiger partial charge in [-0.15, -0.1) is 5.92 Å². The van der Waals surface area contributed by atoms with Crippen molar-refractivity contribution < 1.29 is 27.2 Å². The maximum atomic E-state index is 13.4. The van der Waals surface area contributed by atoms with Crippen LogP contribution in [0.15, 0.2) is 39.9 Å². The molecule has 162 valence electrons. The van der Waals surface area contributed by atoms with Crippen molar-refractivity contribution >= 4 is 32.8 Å². The minimum atomic E-state index is -4.05. The lowest BCUT2D eigenvalue weighted by molar-refractivity contribution is 0.0527. The fourth-order valence-corrected chi connectivity index (χ4v) is 4.13. The van der Waals surface area contributed by atoms with Crippen LogP contribution in [-0.4, -0.2) is 44.8 Å². The van der Waals surface area contributed by atoms with Gasteiger partial charge in [0.05, 0.1) is 28.3 Å². The summed E-state index contributed by atoms with van der Waals surface area (Å²) in [5, 5.41) is 4.16. The lowest BCUT2D eigenvalue weighted by Gasteiger charge is -2.22. The van der Waals surface area contributed by atoms with Crippen molar-refractivity contribution in [1.29, 1.82) is 0 Å². The van der Waals surface area contributed by atoms with Crippen LogP contribution in [-0.2, 0) is 14.8 Å². The Morgan fingerprint density at radius 3 is 2.61 bits per heavy atom. The molecule has 3 aromatic rings. The van der Waals surface area contributed by atoms with E-state index in [1.807, 2.05) is 0 Å². The standard InChI is InChI=1S/C21H21N3O6S/c1-5-7-12-29-15-8-10-16(11-9-15)31(26,27)24(4)19-17(21(25)28-6-2)13-22-20-18(19)14(3)23-30-20/h8-11,13H,6,12H2,1-4H3. The number of carbonyl (C=O) groups excluding carboxylic acids is 1. The van der Waals surface area contributed by atoms with E-state index in [0.29, 0.717) is 16.8 Å². The second kappa shape index (κ2) is 9.06. The molecule has 1 aromatic carbocycles. The predicted octanol–water partition coefficient (Wildman–Crippen LogP) is 2.94. The van der Waals surface area contributed by atoms with E-state index in [4.69, 9.17) is 14.0 Å². The van der Waals surface area contributed by atoms with E-state index >= 15 is 0 Å². The van der Waals surface area contributed by atoms with Crippen molar-refractivity contribution in [3.8, 4) is 17.6 Å². The van der Waals surface area contributed by atoms with Crippen LogP contribution in [0.1, 0.15) is 29.9 Å². The van der Waals surface area contributed by atoms with Crippen LogP contribution in [0, 0.1) is 18.8 Å². The Morgan fingerprint density at radius 1 is 1.26 bits per heavy atom. The molecule has 0 fully saturated rings. The molecule has 0 spiro atoms. The summed E-state index contributed by atoms with van der Waals surface area (Å²) < 4.78 is 43.4. The molecule has 0 saturated carbocycles. The molecule has 0 aliphatic carbocycles. The number of sulfonamides is 1. The summed E-state index contributed by atoms with van der Waals surface area (Å²) in [6.45, 7) is 5.32. The molecule has 0 N–H and O–H groups in total. The summed E-state index contributed by atoms with van der Waals surface area (Å²) in [5.74, 6) is 5.26. The normalized spacial score (nSPS) is 11.0. The minimum Gasteiger partial charge on any atom is -0.481 e. The second-order valence-corrected chi connectivity index (χ2v) is 8.32. The van der Waals surface area contributed by atoms with Crippen molar-refractivity contribution in [1.82, 2.24) is 10.1 Å². The molecule has 0 atom stereocenters. The van der Waals surface area contributed by atoms with Crippen LogP contribution >= 0.6 is 0 Å². The third kappa shape index (κ3) is 4.32. The number of hydrogen-bond acceptors (Lipinski definition) is 8. The molecule has 0 aliphatic rings. The van der Waals surface area contributed by atoms with Gasteiger partial charge in [-0.1, -0.05) is 11.1 Å². The van der Waals surface area contributed by atoms with E-state index in [-0.39, 0.29) is 35.1 Å². The largest absolute Gasteiger partial charge is 0.481 e. The Bertz CT molecular complexity index is 1270. The molecular weight excluding hydrogens is 422 g/mol. The lowest BCUT2D eigenvalue weighted by Crippen LogP contribution is -2.29. The van der Waals surface area contributed by atoms with Gasteiger partial charge < -0.3 is 14.0 Å². The number of hydrogen-bond donors (Lipinski definition) is 0. The monoisotopic (exact) mass is 443 g/mol. The molecule has 0 saturated heterocycles. The Hall–Kier alpha value is -3.58. The number of benzene rings is 1. The third-order valence-corrected chi connectivity index (χ3v) is 6.20. The first-order chi connectivity index (χ1) is 14.8. The highest BCUT2D eigenvalue weighted by Gasteiger charge is 2.30. The number of aryl methyl sites for hydroxylation is 1. The Balaban J connectivity index is 2.07. The first-order valence-electron chi connectivity index (χ1n) is 9.34. The minimum absolute atomic E-state index is 0.00943. The molecule has 9 nitrogen and oxygen atoms in total. The summed E-state index contributed by atoms with van der Waals surface area (Å²) in [4.78, 5) is 16.6. The zero-order valence-corrected chi connectivity index (χ0v) is 18.3. The Morgan fingerprint density at radius 2 is 1.97 bits per heavy atom. The summed E-state index contributed by atoms with van der Waals surface area (Å²) in [5.41, 5.74) is 0.584. The SMILES string of the molecule is CC#CCOc1ccc(S(=O)(=O)N(C)c2c(C(=O)OCC)cnc3onc(C)c23)cc1. The molecule has 0 bridgehead atoms. The van der Waals surface area contributed by atoms with Crippen molar-refractivity contribution in [2.75, 3.05) is 24.6 Å². The topological polar surface area (TPSA) is 112 Å². The molecule has 0 unspecified atom stereocenters. The number of anilines is 1. The van der Waals surface area contributed by atoms with Crippen molar-refractivity contribution in [2.45, 2.75) is 25.7 Å². The summed E-state index contributed by atoms with van der Waals surface area (Å²) in [6.07, 6.45) is 1.22. The molecule has 10 heteroatoms. The summed E-state index contributed by atoms with van der Waals surface area (Å²) >= 11 is 0. The van der Waals surface area contributed by atoms with Crippen molar-refractivity contribution in [3.63, 3.8) is 0 Å². The van der Waals surface area contributed by atoms with Gasteiger partial charge in [-0.2, -0.15) is 0 Å². The van der Waals surface area contributed by atoms with Gasteiger partial charge in [0.15, 0.2) is 0 Å². The quantitative estimate of drug-likeness (QED) is 0.405. The van der Waals surface area contributed by atoms with E-state index in [2.05, 4.69) is 22.0 Å². The number of esters is 1. The van der Waals surface area contributed by atoms with E-state index in [9.17, 15) is 13.2 Å². The number of carbonyl (C=O) groups is 1. The smallest absolute Gasteiger partial charge is 0.341 e. The number of ether oxygens (including phenoxy) is 2. The first-order valence-corrected chi connectivity index (χ1v) is 10.8.